The average molecular weight is 280 g/mol. The van der Waals surface area contributed by atoms with Gasteiger partial charge in [0.15, 0.2) is 0 Å². The van der Waals surface area contributed by atoms with Gasteiger partial charge in [0.25, 0.3) is 0 Å². The SMILES string of the molecule is CCNC(=O)NC(=O)C(C)Sc1ccc(C)c(C)c1. The van der Waals surface area contributed by atoms with Crippen molar-refractivity contribution >= 4 is 23.7 Å². The minimum absolute atomic E-state index is 0.283. The summed E-state index contributed by atoms with van der Waals surface area (Å²) in [5.74, 6) is -0.283. The number of hydrogen-bond acceptors (Lipinski definition) is 3. The van der Waals surface area contributed by atoms with Crippen LogP contribution >= 0.6 is 11.8 Å². The Bertz CT molecular complexity index is 475. The van der Waals surface area contributed by atoms with Crippen LogP contribution in [0.1, 0.15) is 25.0 Å². The van der Waals surface area contributed by atoms with Gasteiger partial charge in [-0.1, -0.05) is 6.07 Å². The number of benzene rings is 1. The molecule has 1 aromatic carbocycles. The van der Waals surface area contributed by atoms with Crippen LogP contribution in [0.15, 0.2) is 23.1 Å². The number of aryl methyl sites for hydroxylation is 2. The number of rotatable bonds is 4. The van der Waals surface area contributed by atoms with E-state index in [1.165, 1.54) is 22.9 Å². The molecule has 0 aliphatic heterocycles. The van der Waals surface area contributed by atoms with Crippen molar-refractivity contribution in [3.05, 3.63) is 29.3 Å². The molecule has 0 bridgehead atoms. The van der Waals surface area contributed by atoms with Crippen molar-refractivity contribution in [3.8, 4) is 0 Å². The molecule has 0 aromatic heterocycles. The van der Waals surface area contributed by atoms with Gasteiger partial charge in [-0.2, -0.15) is 0 Å². The first-order valence-corrected chi connectivity index (χ1v) is 7.14. The zero-order chi connectivity index (χ0) is 14.4. The van der Waals surface area contributed by atoms with E-state index in [1.807, 2.05) is 19.1 Å². The third kappa shape index (κ3) is 4.95. The summed E-state index contributed by atoms with van der Waals surface area (Å²) in [6.07, 6.45) is 0. The Hall–Kier alpha value is -1.49. The molecule has 0 aliphatic carbocycles. The topological polar surface area (TPSA) is 58.2 Å². The van der Waals surface area contributed by atoms with Crippen molar-refractivity contribution in [2.45, 2.75) is 37.8 Å². The fraction of sp³-hybridized carbons (Fsp3) is 0.429. The van der Waals surface area contributed by atoms with Gasteiger partial charge in [0, 0.05) is 11.4 Å². The predicted octanol–water partition coefficient (Wildman–Crippen LogP) is 2.63. The Kier molecular flexibility index (Phi) is 5.89. The van der Waals surface area contributed by atoms with Crippen molar-refractivity contribution in [1.82, 2.24) is 10.6 Å². The standard InChI is InChI=1S/C14H20N2O2S/c1-5-15-14(18)16-13(17)11(4)19-12-7-6-9(2)10(3)8-12/h6-8,11H,5H2,1-4H3,(H2,15,16,17,18). The molecule has 104 valence electrons. The largest absolute Gasteiger partial charge is 0.338 e. The second-order valence-electron chi connectivity index (χ2n) is 4.35. The summed E-state index contributed by atoms with van der Waals surface area (Å²) < 4.78 is 0. The smallest absolute Gasteiger partial charge is 0.321 e. The second-order valence-corrected chi connectivity index (χ2v) is 5.77. The van der Waals surface area contributed by atoms with Gasteiger partial charge in [-0.15, -0.1) is 11.8 Å². The van der Waals surface area contributed by atoms with E-state index in [1.54, 1.807) is 13.8 Å². The van der Waals surface area contributed by atoms with E-state index >= 15 is 0 Å². The van der Waals surface area contributed by atoms with E-state index in [2.05, 4.69) is 23.6 Å². The molecule has 1 unspecified atom stereocenters. The van der Waals surface area contributed by atoms with Crippen LogP contribution in [-0.4, -0.2) is 23.7 Å². The Morgan fingerprint density at radius 3 is 2.53 bits per heavy atom. The molecule has 0 saturated heterocycles. The maximum absolute atomic E-state index is 11.8. The molecule has 3 amide bonds. The van der Waals surface area contributed by atoms with Gasteiger partial charge in [0.05, 0.1) is 5.25 Å². The minimum Gasteiger partial charge on any atom is -0.338 e. The number of carbonyl (C=O) groups excluding carboxylic acids is 2. The summed E-state index contributed by atoms with van der Waals surface area (Å²) in [5.41, 5.74) is 2.42. The normalized spacial score (nSPS) is 11.8. The number of carbonyl (C=O) groups is 2. The number of imide groups is 1. The first kappa shape index (κ1) is 15.6. The van der Waals surface area contributed by atoms with Gasteiger partial charge in [-0.05, 0) is 51.0 Å². The van der Waals surface area contributed by atoms with Gasteiger partial charge in [0.1, 0.15) is 0 Å². The molecule has 1 rings (SSSR count). The minimum atomic E-state index is -0.444. The van der Waals surface area contributed by atoms with Gasteiger partial charge < -0.3 is 5.32 Å². The van der Waals surface area contributed by atoms with E-state index in [0.29, 0.717) is 6.54 Å². The van der Waals surface area contributed by atoms with Crippen LogP contribution in [-0.2, 0) is 4.79 Å². The molecule has 0 radical (unpaired) electrons. The van der Waals surface area contributed by atoms with Crippen molar-refractivity contribution in [3.63, 3.8) is 0 Å². The van der Waals surface area contributed by atoms with E-state index in [9.17, 15) is 9.59 Å². The molecular formula is C14H20N2O2S. The molecule has 0 fully saturated rings. The Labute approximate surface area is 118 Å². The number of thioether (sulfide) groups is 1. The maximum atomic E-state index is 11.8. The highest BCUT2D eigenvalue weighted by Gasteiger charge is 2.16. The molecule has 5 heteroatoms. The van der Waals surface area contributed by atoms with E-state index < -0.39 is 6.03 Å². The number of amides is 3. The van der Waals surface area contributed by atoms with E-state index in [0.717, 1.165) is 4.90 Å². The summed E-state index contributed by atoms with van der Waals surface area (Å²) in [4.78, 5) is 24.1. The summed E-state index contributed by atoms with van der Waals surface area (Å²) >= 11 is 1.44. The Morgan fingerprint density at radius 2 is 1.95 bits per heavy atom. The fourth-order valence-corrected chi connectivity index (χ4v) is 2.43. The molecule has 0 aliphatic rings. The molecule has 0 saturated carbocycles. The second kappa shape index (κ2) is 7.19. The lowest BCUT2D eigenvalue weighted by Crippen LogP contribution is -2.42. The summed E-state index contributed by atoms with van der Waals surface area (Å²) in [7, 11) is 0. The highest BCUT2D eigenvalue weighted by atomic mass is 32.2. The van der Waals surface area contributed by atoms with Gasteiger partial charge in [-0.3, -0.25) is 10.1 Å². The zero-order valence-electron chi connectivity index (χ0n) is 11.7. The lowest BCUT2D eigenvalue weighted by Gasteiger charge is -2.12. The monoisotopic (exact) mass is 280 g/mol. The molecule has 1 aromatic rings. The van der Waals surface area contributed by atoms with Crippen LogP contribution < -0.4 is 10.6 Å². The van der Waals surface area contributed by atoms with Gasteiger partial charge >= 0.3 is 6.03 Å². The molecule has 0 spiro atoms. The summed E-state index contributed by atoms with van der Waals surface area (Å²) in [6.45, 7) is 8.18. The fourth-order valence-electron chi connectivity index (χ4n) is 1.46. The van der Waals surface area contributed by atoms with Gasteiger partial charge in [0.2, 0.25) is 5.91 Å². The number of hydrogen-bond donors (Lipinski definition) is 2. The molecule has 1 atom stereocenters. The molecule has 0 heterocycles. The highest BCUT2D eigenvalue weighted by molar-refractivity contribution is 8.00. The van der Waals surface area contributed by atoms with Crippen LogP contribution in [0.3, 0.4) is 0 Å². The van der Waals surface area contributed by atoms with Crippen LogP contribution in [0.5, 0.6) is 0 Å². The van der Waals surface area contributed by atoms with Crippen LogP contribution in [0.4, 0.5) is 4.79 Å². The van der Waals surface area contributed by atoms with E-state index in [4.69, 9.17) is 0 Å². The molecule has 4 nitrogen and oxygen atoms in total. The zero-order valence-corrected chi connectivity index (χ0v) is 12.6. The number of urea groups is 1. The van der Waals surface area contributed by atoms with E-state index in [-0.39, 0.29) is 11.2 Å². The van der Waals surface area contributed by atoms with Crippen molar-refractivity contribution < 1.29 is 9.59 Å². The third-order valence-electron chi connectivity index (χ3n) is 2.73. The van der Waals surface area contributed by atoms with Crippen LogP contribution in [0, 0.1) is 13.8 Å². The van der Waals surface area contributed by atoms with Crippen molar-refractivity contribution in [2.75, 3.05) is 6.54 Å². The lowest BCUT2D eigenvalue weighted by molar-refractivity contribution is -0.119. The third-order valence-corrected chi connectivity index (χ3v) is 3.83. The summed E-state index contributed by atoms with van der Waals surface area (Å²) in [5, 5.41) is 4.53. The first-order chi connectivity index (χ1) is 8.93. The predicted molar refractivity (Wildman–Crippen MR) is 78.5 cm³/mol. The Morgan fingerprint density at radius 1 is 1.26 bits per heavy atom. The molecule has 19 heavy (non-hydrogen) atoms. The number of nitrogens with one attached hydrogen (secondary N) is 2. The van der Waals surface area contributed by atoms with Crippen LogP contribution in [0.2, 0.25) is 0 Å². The molecular weight excluding hydrogens is 260 g/mol. The Balaban J connectivity index is 2.58. The maximum Gasteiger partial charge on any atom is 0.321 e. The molecule has 2 N–H and O–H groups in total. The van der Waals surface area contributed by atoms with Crippen molar-refractivity contribution in [2.24, 2.45) is 0 Å². The quantitative estimate of drug-likeness (QED) is 0.834. The highest BCUT2D eigenvalue weighted by Crippen LogP contribution is 2.25. The lowest BCUT2D eigenvalue weighted by atomic mass is 10.1. The van der Waals surface area contributed by atoms with Crippen LogP contribution in [0.25, 0.3) is 0 Å². The summed E-state index contributed by atoms with van der Waals surface area (Å²) in [6, 6.07) is 5.63. The first-order valence-electron chi connectivity index (χ1n) is 6.26. The van der Waals surface area contributed by atoms with Crippen molar-refractivity contribution in [1.29, 1.82) is 0 Å². The average Bonchev–Trinajstić information content (AvgIpc) is 2.34. The van der Waals surface area contributed by atoms with Gasteiger partial charge in [-0.25, -0.2) is 4.79 Å².